The lowest BCUT2D eigenvalue weighted by Gasteiger charge is -2.07. The Bertz CT molecular complexity index is 560. The minimum absolute atomic E-state index is 0.261. The van der Waals surface area contributed by atoms with E-state index in [4.69, 9.17) is 45.3 Å². The van der Waals surface area contributed by atoms with Gasteiger partial charge >= 0.3 is 0 Å². The van der Waals surface area contributed by atoms with E-state index in [9.17, 15) is 0 Å². The molecule has 2 N–H and O–H groups in total. The fourth-order valence-corrected chi connectivity index (χ4v) is 1.75. The van der Waals surface area contributed by atoms with Gasteiger partial charge in [-0.05, 0) is 18.2 Å². The van der Waals surface area contributed by atoms with Crippen LogP contribution in [-0.4, -0.2) is 4.98 Å². The van der Waals surface area contributed by atoms with Crippen molar-refractivity contribution in [1.29, 1.82) is 0 Å². The number of pyridine rings is 1. The van der Waals surface area contributed by atoms with Crippen LogP contribution in [0.4, 0.5) is 5.69 Å². The van der Waals surface area contributed by atoms with Crippen LogP contribution < -0.4 is 10.5 Å². The molecule has 0 radical (unpaired) electrons. The van der Waals surface area contributed by atoms with E-state index >= 15 is 0 Å². The Morgan fingerprint density at radius 1 is 1.06 bits per heavy atom. The largest absolute Gasteiger partial charge is 0.437 e. The first-order valence-corrected chi connectivity index (χ1v) is 5.73. The Hall–Kier alpha value is -1.16. The Morgan fingerprint density at radius 3 is 2.47 bits per heavy atom. The molecule has 0 fully saturated rings. The van der Waals surface area contributed by atoms with Crippen LogP contribution >= 0.6 is 34.8 Å². The predicted molar refractivity (Wildman–Crippen MR) is 70.2 cm³/mol. The number of nitrogens with two attached hydrogens (primary N) is 1. The van der Waals surface area contributed by atoms with Gasteiger partial charge in [0.1, 0.15) is 10.8 Å². The zero-order valence-electron chi connectivity index (χ0n) is 8.45. The van der Waals surface area contributed by atoms with E-state index in [2.05, 4.69) is 4.98 Å². The van der Waals surface area contributed by atoms with Crippen molar-refractivity contribution < 1.29 is 4.74 Å². The number of halogens is 3. The van der Waals surface area contributed by atoms with Gasteiger partial charge in [-0.1, -0.05) is 34.8 Å². The van der Waals surface area contributed by atoms with Crippen LogP contribution in [0.25, 0.3) is 0 Å². The topological polar surface area (TPSA) is 48.1 Å². The van der Waals surface area contributed by atoms with Gasteiger partial charge in [-0.3, -0.25) is 0 Å². The molecule has 2 rings (SSSR count). The molecule has 0 aliphatic heterocycles. The summed E-state index contributed by atoms with van der Waals surface area (Å²) in [6.45, 7) is 0. The van der Waals surface area contributed by atoms with Gasteiger partial charge in [-0.15, -0.1) is 0 Å². The maximum absolute atomic E-state index is 5.92. The van der Waals surface area contributed by atoms with E-state index in [1.165, 1.54) is 6.20 Å². The Balaban J connectivity index is 2.28. The van der Waals surface area contributed by atoms with Crippen molar-refractivity contribution in [2.45, 2.75) is 0 Å². The van der Waals surface area contributed by atoms with E-state index in [1.54, 1.807) is 24.3 Å². The number of ether oxygens (including phenoxy) is 1. The van der Waals surface area contributed by atoms with Gasteiger partial charge in [0.25, 0.3) is 0 Å². The number of nitrogen functional groups attached to an aromatic ring is 1. The fraction of sp³-hybridized carbons (Fsp3) is 0. The minimum atomic E-state index is 0.261. The second kappa shape index (κ2) is 5.00. The number of benzene rings is 1. The predicted octanol–water partition coefficient (Wildman–Crippen LogP) is 4.42. The van der Waals surface area contributed by atoms with E-state index in [-0.39, 0.29) is 5.88 Å². The quantitative estimate of drug-likeness (QED) is 0.833. The van der Waals surface area contributed by atoms with Gasteiger partial charge in [0.05, 0.1) is 15.7 Å². The third-order valence-corrected chi connectivity index (χ3v) is 2.77. The molecule has 1 aromatic carbocycles. The third kappa shape index (κ3) is 2.94. The Labute approximate surface area is 113 Å². The van der Waals surface area contributed by atoms with Crippen LogP contribution in [0.15, 0.2) is 30.5 Å². The highest BCUT2D eigenvalue weighted by atomic mass is 35.5. The molecule has 1 heterocycles. The van der Waals surface area contributed by atoms with Crippen molar-refractivity contribution in [2.24, 2.45) is 0 Å². The third-order valence-electron chi connectivity index (χ3n) is 1.96. The first-order chi connectivity index (χ1) is 8.06. The Kier molecular flexibility index (Phi) is 3.62. The molecule has 1 aromatic heterocycles. The summed E-state index contributed by atoms with van der Waals surface area (Å²) < 4.78 is 5.46. The van der Waals surface area contributed by atoms with Gasteiger partial charge in [-0.25, -0.2) is 4.98 Å². The monoisotopic (exact) mass is 288 g/mol. The number of rotatable bonds is 2. The van der Waals surface area contributed by atoms with Gasteiger partial charge in [0.15, 0.2) is 0 Å². The average Bonchev–Trinajstić information content (AvgIpc) is 2.27. The number of hydrogen-bond acceptors (Lipinski definition) is 3. The summed E-state index contributed by atoms with van der Waals surface area (Å²) in [7, 11) is 0. The molecule has 0 unspecified atom stereocenters. The molecule has 3 nitrogen and oxygen atoms in total. The SMILES string of the molecule is Nc1ccc(Oc2ncc(Cl)cc2Cl)cc1Cl. The van der Waals surface area contributed by atoms with Crippen LogP contribution in [0.2, 0.25) is 15.1 Å². The summed E-state index contributed by atoms with van der Waals surface area (Å²) in [5.41, 5.74) is 6.07. The summed E-state index contributed by atoms with van der Waals surface area (Å²) in [4.78, 5) is 3.96. The number of aromatic nitrogens is 1. The average molecular weight is 290 g/mol. The van der Waals surface area contributed by atoms with Crippen LogP contribution in [0, 0.1) is 0 Å². The maximum Gasteiger partial charge on any atom is 0.238 e. The molecule has 17 heavy (non-hydrogen) atoms. The summed E-state index contributed by atoms with van der Waals surface area (Å²) in [6.07, 6.45) is 1.45. The molecule has 2 aromatic rings. The van der Waals surface area contributed by atoms with Crippen molar-refractivity contribution in [3.8, 4) is 11.6 Å². The highest BCUT2D eigenvalue weighted by Crippen LogP contribution is 2.31. The first-order valence-electron chi connectivity index (χ1n) is 4.60. The summed E-state index contributed by atoms with van der Waals surface area (Å²) in [6, 6.07) is 6.45. The van der Waals surface area contributed by atoms with Crippen LogP contribution in [-0.2, 0) is 0 Å². The smallest absolute Gasteiger partial charge is 0.238 e. The zero-order valence-corrected chi connectivity index (χ0v) is 10.7. The lowest BCUT2D eigenvalue weighted by Crippen LogP contribution is -1.91. The summed E-state index contributed by atoms with van der Waals surface area (Å²) in [5, 5.41) is 1.18. The number of nitrogens with zero attached hydrogens (tertiary/aromatic N) is 1. The molecule has 88 valence electrons. The highest BCUT2D eigenvalue weighted by Gasteiger charge is 2.07. The minimum Gasteiger partial charge on any atom is -0.437 e. The fourth-order valence-electron chi connectivity index (χ4n) is 1.16. The van der Waals surface area contributed by atoms with Crippen LogP contribution in [0.3, 0.4) is 0 Å². The standard InChI is InChI=1S/C11H7Cl3N2O/c12-6-3-9(14)11(16-5-6)17-7-1-2-10(15)8(13)4-7/h1-5H,15H2. The van der Waals surface area contributed by atoms with Gasteiger partial charge in [-0.2, -0.15) is 0 Å². The number of hydrogen-bond donors (Lipinski definition) is 1. The van der Waals surface area contributed by atoms with E-state index in [1.807, 2.05) is 0 Å². The molecule has 0 spiro atoms. The molecule has 0 bridgehead atoms. The molecule has 0 amide bonds. The van der Waals surface area contributed by atoms with Crippen molar-refractivity contribution >= 4 is 40.5 Å². The van der Waals surface area contributed by atoms with E-state index < -0.39 is 0 Å². The van der Waals surface area contributed by atoms with Gasteiger partial charge in [0.2, 0.25) is 5.88 Å². The van der Waals surface area contributed by atoms with Crippen molar-refractivity contribution in [3.05, 3.63) is 45.5 Å². The van der Waals surface area contributed by atoms with Crippen molar-refractivity contribution in [2.75, 3.05) is 5.73 Å². The summed E-state index contributed by atoms with van der Waals surface area (Å²) >= 11 is 17.5. The molecule has 0 aliphatic carbocycles. The molecule has 6 heteroatoms. The molecule has 0 atom stereocenters. The molecule has 0 aliphatic rings. The second-order valence-electron chi connectivity index (χ2n) is 3.23. The van der Waals surface area contributed by atoms with Crippen molar-refractivity contribution in [3.63, 3.8) is 0 Å². The van der Waals surface area contributed by atoms with Crippen molar-refractivity contribution in [1.82, 2.24) is 4.98 Å². The highest BCUT2D eigenvalue weighted by molar-refractivity contribution is 6.35. The second-order valence-corrected chi connectivity index (χ2v) is 4.48. The normalized spacial score (nSPS) is 10.3. The van der Waals surface area contributed by atoms with E-state index in [0.29, 0.717) is 26.5 Å². The van der Waals surface area contributed by atoms with Gasteiger partial charge in [0, 0.05) is 12.3 Å². The molecule has 0 saturated carbocycles. The maximum atomic E-state index is 5.92. The Morgan fingerprint density at radius 2 is 1.82 bits per heavy atom. The van der Waals surface area contributed by atoms with Crippen LogP contribution in [0.5, 0.6) is 11.6 Å². The number of anilines is 1. The zero-order chi connectivity index (χ0) is 12.4. The lowest BCUT2D eigenvalue weighted by atomic mass is 10.3. The lowest BCUT2D eigenvalue weighted by molar-refractivity contribution is 0.463. The molecular weight excluding hydrogens is 282 g/mol. The van der Waals surface area contributed by atoms with Gasteiger partial charge < -0.3 is 10.5 Å². The first kappa shape index (κ1) is 12.3. The molecular formula is C11H7Cl3N2O. The summed E-state index contributed by atoms with van der Waals surface area (Å²) in [5.74, 6) is 0.762. The molecule has 0 saturated heterocycles. The van der Waals surface area contributed by atoms with Crippen LogP contribution in [0.1, 0.15) is 0 Å². The van der Waals surface area contributed by atoms with E-state index in [0.717, 1.165) is 0 Å².